The number of anilines is 1. The molecule has 0 radical (unpaired) electrons. The quantitative estimate of drug-likeness (QED) is 0.582. The van der Waals surface area contributed by atoms with Crippen LogP contribution in [0, 0.1) is 6.92 Å². The number of aromatic nitrogens is 2. The number of fused-ring (bicyclic) bond motifs is 1. The van der Waals surface area contributed by atoms with Crippen molar-refractivity contribution in [1.82, 2.24) is 10.1 Å². The van der Waals surface area contributed by atoms with Crippen LogP contribution in [-0.2, 0) is 0 Å². The molecule has 6 heteroatoms. The second kappa shape index (κ2) is 6.92. The van der Waals surface area contributed by atoms with Crippen LogP contribution >= 0.6 is 0 Å². The van der Waals surface area contributed by atoms with E-state index in [4.69, 9.17) is 9.26 Å². The van der Waals surface area contributed by atoms with Crippen molar-refractivity contribution in [3.05, 3.63) is 71.9 Å². The summed E-state index contributed by atoms with van der Waals surface area (Å²) in [7, 11) is 1.58. The Morgan fingerprint density at radius 3 is 2.67 bits per heavy atom. The van der Waals surface area contributed by atoms with Gasteiger partial charge in [0.15, 0.2) is 0 Å². The number of carbonyl (C=O) groups is 1. The minimum atomic E-state index is -0.265. The van der Waals surface area contributed by atoms with Gasteiger partial charge in [-0.05, 0) is 25.1 Å². The number of benzene rings is 2. The number of ether oxygens (including phenoxy) is 1. The minimum Gasteiger partial charge on any atom is -0.497 e. The van der Waals surface area contributed by atoms with Crippen LogP contribution < -0.4 is 10.1 Å². The maximum atomic E-state index is 13.0. The summed E-state index contributed by atoms with van der Waals surface area (Å²) in [6, 6.07) is 18.6. The number of pyridine rings is 1. The highest BCUT2D eigenvalue weighted by Crippen LogP contribution is 2.28. The summed E-state index contributed by atoms with van der Waals surface area (Å²) < 4.78 is 10.5. The van der Waals surface area contributed by atoms with Crippen LogP contribution in [0.25, 0.3) is 22.4 Å². The molecule has 27 heavy (non-hydrogen) atoms. The smallest absolute Gasteiger partial charge is 0.259 e. The molecule has 134 valence electrons. The number of rotatable bonds is 4. The lowest BCUT2D eigenvalue weighted by atomic mass is 10.0. The third kappa shape index (κ3) is 3.25. The summed E-state index contributed by atoms with van der Waals surface area (Å²) in [4.78, 5) is 17.5. The highest BCUT2D eigenvalue weighted by atomic mass is 16.5. The van der Waals surface area contributed by atoms with E-state index < -0.39 is 0 Å². The summed E-state index contributed by atoms with van der Waals surface area (Å²) >= 11 is 0. The zero-order valence-electron chi connectivity index (χ0n) is 14.9. The molecule has 1 N–H and O–H groups in total. The molecule has 0 bridgehead atoms. The zero-order chi connectivity index (χ0) is 18.8. The van der Waals surface area contributed by atoms with Crippen molar-refractivity contribution in [2.24, 2.45) is 0 Å². The van der Waals surface area contributed by atoms with Crippen molar-refractivity contribution in [1.29, 1.82) is 0 Å². The molecule has 4 rings (SSSR count). The number of hydrogen-bond acceptors (Lipinski definition) is 5. The molecule has 0 aliphatic heterocycles. The molecule has 0 aliphatic rings. The van der Waals surface area contributed by atoms with Gasteiger partial charge in [-0.15, -0.1) is 0 Å². The summed E-state index contributed by atoms with van der Waals surface area (Å²) in [5.74, 6) is 0.401. The van der Waals surface area contributed by atoms with E-state index in [2.05, 4.69) is 15.5 Å². The molecule has 1 amide bonds. The molecule has 2 aromatic carbocycles. The van der Waals surface area contributed by atoms with Gasteiger partial charge in [0.05, 0.1) is 29.4 Å². The fraction of sp³-hybridized carbons (Fsp3) is 0.0952. The van der Waals surface area contributed by atoms with Gasteiger partial charge < -0.3 is 14.6 Å². The Kier molecular flexibility index (Phi) is 4.30. The molecule has 0 aliphatic carbocycles. The van der Waals surface area contributed by atoms with Gasteiger partial charge in [-0.25, -0.2) is 4.98 Å². The summed E-state index contributed by atoms with van der Waals surface area (Å²) in [5.41, 5.74) is 3.59. The van der Waals surface area contributed by atoms with E-state index >= 15 is 0 Å². The fourth-order valence-electron chi connectivity index (χ4n) is 2.93. The Hall–Kier alpha value is -3.67. The average molecular weight is 359 g/mol. The predicted molar refractivity (Wildman–Crippen MR) is 103 cm³/mol. The van der Waals surface area contributed by atoms with Crippen LogP contribution in [0.4, 0.5) is 5.69 Å². The molecule has 0 atom stereocenters. The Morgan fingerprint density at radius 2 is 1.89 bits per heavy atom. The monoisotopic (exact) mass is 359 g/mol. The molecule has 0 saturated heterocycles. The molecular formula is C21H17N3O3. The normalized spacial score (nSPS) is 10.7. The highest BCUT2D eigenvalue weighted by Gasteiger charge is 2.19. The molecule has 0 fully saturated rings. The predicted octanol–water partition coefficient (Wildman–Crippen LogP) is 4.46. The fourth-order valence-corrected chi connectivity index (χ4v) is 2.93. The number of amides is 1. The van der Waals surface area contributed by atoms with Crippen LogP contribution in [0.5, 0.6) is 5.75 Å². The number of carbonyl (C=O) groups excluding carboxylic acids is 1. The largest absolute Gasteiger partial charge is 0.497 e. The van der Waals surface area contributed by atoms with E-state index in [1.807, 2.05) is 42.5 Å². The first-order chi connectivity index (χ1) is 13.2. The SMILES string of the molecule is COc1cccc(NC(=O)c2cc(-c3ccccc3)nc3onc(C)c23)c1. The van der Waals surface area contributed by atoms with Crippen LogP contribution in [0.1, 0.15) is 16.1 Å². The van der Waals surface area contributed by atoms with Crippen molar-refractivity contribution in [3.63, 3.8) is 0 Å². The van der Waals surface area contributed by atoms with Gasteiger partial charge in [0.1, 0.15) is 5.75 Å². The number of methoxy groups -OCH3 is 1. The summed E-state index contributed by atoms with van der Waals surface area (Å²) in [5, 5.41) is 7.48. The minimum absolute atomic E-state index is 0.265. The van der Waals surface area contributed by atoms with E-state index in [9.17, 15) is 4.79 Å². The van der Waals surface area contributed by atoms with E-state index in [0.717, 1.165) is 5.56 Å². The highest BCUT2D eigenvalue weighted by molar-refractivity contribution is 6.13. The van der Waals surface area contributed by atoms with Crippen molar-refractivity contribution in [3.8, 4) is 17.0 Å². The molecule has 0 unspecified atom stereocenters. The molecule has 4 aromatic rings. The van der Waals surface area contributed by atoms with Gasteiger partial charge in [0.25, 0.3) is 11.6 Å². The first kappa shape index (κ1) is 16.8. The molecule has 0 saturated carbocycles. The first-order valence-corrected chi connectivity index (χ1v) is 8.43. The molecular weight excluding hydrogens is 342 g/mol. The van der Waals surface area contributed by atoms with Gasteiger partial charge in [-0.2, -0.15) is 0 Å². The van der Waals surface area contributed by atoms with E-state index in [0.29, 0.717) is 39.5 Å². The van der Waals surface area contributed by atoms with E-state index in [1.54, 1.807) is 32.2 Å². The second-order valence-electron chi connectivity index (χ2n) is 6.06. The van der Waals surface area contributed by atoms with Gasteiger partial charge >= 0.3 is 0 Å². The van der Waals surface area contributed by atoms with Crippen molar-refractivity contribution in [2.75, 3.05) is 12.4 Å². The standard InChI is InChI=1S/C21H17N3O3/c1-13-19-17(20(25)22-15-9-6-10-16(11-15)26-2)12-18(23-21(19)27-24-13)14-7-4-3-5-8-14/h3-12H,1-2H3,(H,22,25). The molecule has 0 spiro atoms. The number of nitrogens with one attached hydrogen (secondary N) is 1. The Bertz CT molecular complexity index is 1120. The van der Waals surface area contributed by atoms with Crippen LogP contribution in [0.3, 0.4) is 0 Å². The Labute approximate surface area is 155 Å². The van der Waals surface area contributed by atoms with E-state index in [1.165, 1.54) is 0 Å². The molecule has 6 nitrogen and oxygen atoms in total. The Balaban J connectivity index is 1.79. The topological polar surface area (TPSA) is 77.2 Å². The summed E-state index contributed by atoms with van der Waals surface area (Å²) in [6.07, 6.45) is 0. The zero-order valence-corrected chi connectivity index (χ0v) is 14.9. The maximum absolute atomic E-state index is 13.0. The lowest BCUT2D eigenvalue weighted by Gasteiger charge is -2.09. The number of hydrogen-bond donors (Lipinski definition) is 1. The Morgan fingerprint density at radius 1 is 1.07 bits per heavy atom. The van der Waals surface area contributed by atoms with Gasteiger partial charge in [-0.3, -0.25) is 4.79 Å². The number of aryl methyl sites for hydroxylation is 1. The third-order valence-corrected chi connectivity index (χ3v) is 4.26. The van der Waals surface area contributed by atoms with Crippen molar-refractivity contribution >= 4 is 22.7 Å². The number of nitrogens with zero attached hydrogens (tertiary/aromatic N) is 2. The average Bonchev–Trinajstić information content (AvgIpc) is 3.09. The molecule has 2 aromatic heterocycles. The third-order valence-electron chi connectivity index (χ3n) is 4.26. The van der Waals surface area contributed by atoms with Crippen molar-refractivity contribution < 1.29 is 14.1 Å². The first-order valence-electron chi connectivity index (χ1n) is 8.43. The van der Waals surface area contributed by atoms with Crippen LogP contribution in [-0.4, -0.2) is 23.2 Å². The van der Waals surface area contributed by atoms with Crippen LogP contribution in [0.15, 0.2) is 65.2 Å². The van der Waals surface area contributed by atoms with Gasteiger partial charge in [0, 0.05) is 17.3 Å². The van der Waals surface area contributed by atoms with Crippen LogP contribution in [0.2, 0.25) is 0 Å². The maximum Gasteiger partial charge on any atom is 0.259 e. The van der Waals surface area contributed by atoms with Gasteiger partial charge in [0.2, 0.25) is 0 Å². The summed E-state index contributed by atoms with van der Waals surface area (Å²) in [6.45, 7) is 1.79. The second-order valence-corrected chi connectivity index (χ2v) is 6.06. The van der Waals surface area contributed by atoms with Gasteiger partial charge in [-0.1, -0.05) is 41.6 Å². The van der Waals surface area contributed by atoms with Crippen molar-refractivity contribution in [2.45, 2.75) is 6.92 Å². The van der Waals surface area contributed by atoms with E-state index in [-0.39, 0.29) is 5.91 Å². The molecule has 2 heterocycles. The lowest BCUT2D eigenvalue weighted by molar-refractivity contribution is 0.102. The lowest BCUT2D eigenvalue weighted by Crippen LogP contribution is -2.13.